The van der Waals surface area contributed by atoms with Crippen molar-refractivity contribution in [3.63, 3.8) is 0 Å². The average molecular weight is 551 g/mol. The summed E-state index contributed by atoms with van der Waals surface area (Å²) in [4.78, 5) is 35.0. The van der Waals surface area contributed by atoms with E-state index < -0.39 is 5.41 Å². The van der Waals surface area contributed by atoms with Gasteiger partial charge in [-0.2, -0.15) is 0 Å². The van der Waals surface area contributed by atoms with E-state index in [0.717, 1.165) is 24.2 Å². The fourth-order valence-electron chi connectivity index (χ4n) is 5.31. The first-order valence-electron chi connectivity index (χ1n) is 13.7. The largest absolute Gasteiger partial charge is 0.493 e. The summed E-state index contributed by atoms with van der Waals surface area (Å²) in [5.74, 6) is 2.08. The van der Waals surface area contributed by atoms with Crippen molar-refractivity contribution in [2.75, 3.05) is 26.7 Å². The van der Waals surface area contributed by atoms with E-state index in [-0.39, 0.29) is 11.8 Å². The molecule has 0 radical (unpaired) electrons. The molecular formula is C31H39ClN4O3. The Morgan fingerprint density at radius 1 is 1.15 bits per heavy atom. The van der Waals surface area contributed by atoms with Crippen LogP contribution in [0.25, 0.3) is 0 Å². The summed E-state index contributed by atoms with van der Waals surface area (Å²) in [5.41, 5.74) is 0.592. The van der Waals surface area contributed by atoms with Crippen molar-refractivity contribution in [1.29, 1.82) is 0 Å². The third-order valence-corrected chi connectivity index (χ3v) is 7.64. The van der Waals surface area contributed by atoms with Crippen molar-refractivity contribution >= 4 is 23.4 Å². The molecule has 2 heterocycles. The zero-order valence-corrected chi connectivity index (χ0v) is 23.9. The zero-order chi connectivity index (χ0) is 27.8. The van der Waals surface area contributed by atoms with Crippen molar-refractivity contribution in [3.05, 3.63) is 83.4 Å². The predicted octanol–water partition coefficient (Wildman–Crippen LogP) is 5.79. The van der Waals surface area contributed by atoms with Gasteiger partial charge in [0.1, 0.15) is 11.6 Å². The van der Waals surface area contributed by atoms with E-state index in [1.165, 1.54) is 0 Å². The highest BCUT2D eigenvalue weighted by Gasteiger charge is 2.40. The van der Waals surface area contributed by atoms with E-state index in [9.17, 15) is 9.59 Å². The molecule has 1 fully saturated rings. The number of imidazole rings is 1. The second kappa shape index (κ2) is 13.2. The molecule has 0 unspecified atom stereocenters. The lowest BCUT2D eigenvalue weighted by Crippen LogP contribution is -2.50. The van der Waals surface area contributed by atoms with E-state index in [1.54, 1.807) is 23.2 Å². The van der Waals surface area contributed by atoms with Crippen LogP contribution in [0.3, 0.4) is 0 Å². The van der Waals surface area contributed by atoms with Crippen molar-refractivity contribution in [2.45, 2.75) is 58.5 Å². The minimum atomic E-state index is -0.490. The van der Waals surface area contributed by atoms with Gasteiger partial charge < -0.3 is 19.1 Å². The topological polar surface area (TPSA) is 67.7 Å². The monoisotopic (exact) mass is 550 g/mol. The molecule has 2 aromatic carbocycles. The van der Waals surface area contributed by atoms with Gasteiger partial charge in [0.05, 0.1) is 6.61 Å². The fraction of sp³-hybridized carbons (Fsp3) is 0.452. The second-order valence-corrected chi connectivity index (χ2v) is 11.4. The maximum Gasteiger partial charge on any atom is 0.224 e. The number of carbonyl (C=O) groups is 2. The van der Waals surface area contributed by atoms with Gasteiger partial charge in [0.15, 0.2) is 0 Å². The first kappa shape index (κ1) is 28.7. The average Bonchev–Trinajstić information content (AvgIpc) is 3.40. The summed E-state index contributed by atoms with van der Waals surface area (Å²) in [6.07, 6.45) is 6.05. The van der Waals surface area contributed by atoms with Crippen LogP contribution >= 0.6 is 11.6 Å². The summed E-state index contributed by atoms with van der Waals surface area (Å²) in [6.45, 7) is 6.84. The lowest BCUT2D eigenvalue weighted by Gasteiger charge is -2.43. The summed E-state index contributed by atoms with van der Waals surface area (Å²) in [7, 11) is 1.84. The van der Waals surface area contributed by atoms with E-state index in [0.29, 0.717) is 62.3 Å². The summed E-state index contributed by atoms with van der Waals surface area (Å²) < 4.78 is 8.27. The minimum absolute atomic E-state index is 0.0443. The van der Waals surface area contributed by atoms with Crippen molar-refractivity contribution in [1.82, 2.24) is 19.4 Å². The van der Waals surface area contributed by atoms with E-state index in [2.05, 4.69) is 23.4 Å². The SMILES string of the molecule is CC(C)c1nccn1CCC(=O)N1CCC[C@](COc2cccc(Cl)c2)(CC(=O)N(C)Cc2ccccc2)C1. The van der Waals surface area contributed by atoms with Crippen molar-refractivity contribution in [2.24, 2.45) is 5.41 Å². The number of hydrogen-bond acceptors (Lipinski definition) is 4. The van der Waals surface area contributed by atoms with Crippen LogP contribution < -0.4 is 4.74 Å². The number of hydrogen-bond donors (Lipinski definition) is 0. The van der Waals surface area contributed by atoms with Crippen LogP contribution in [0.1, 0.15) is 56.8 Å². The lowest BCUT2D eigenvalue weighted by atomic mass is 9.77. The highest BCUT2D eigenvalue weighted by atomic mass is 35.5. The van der Waals surface area contributed by atoms with Crippen molar-refractivity contribution in [3.8, 4) is 5.75 Å². The van der Waals surface area contributed by atoms with Crippen LogP contribution in [0.4, 0.5) is 0 Å². The number of rotatable bonds is 11. The Hall–Kier alpha value is -3.32. The molecule has 1 aromatic heterocycles. The van der Waals surface area contributed by atoms with Gasteiger partial charge in [-0.05, 0) is 36.6 Å². The molecule has 0 aliphatic carbocycles. The van der Waals surface area contributed by atoms with Gasteiger partial charge in [-0.1, -0.05) is 61.8 Å². The summed E-state index contributed by atoms with van der Waals surface area (Å²) in [5, 5.41) is 0.598. The smallest absolute Gasteiger partial charge is 0.224 e. The zero-order valence-electron chi connectivity index (χ0n) is 23.2. The molecule has 7 nitrogen and oxygen atoms in total. The van der Waals surface area contributed by atoms with Gasteiger partial charge in [-0.25, -0.2) is 4.98 Å². The molecule has 4 rings (SSSR count). The van der Waals surface area contributed by atoms with Gasteiger partial charge in [-0.15, -0.1) is 0 Å². The summed E-state index contributed by atoms with van der Waals surface area (Å²) in [6, 6.07) is 17.3. The molecular weight excluding hydrogens is 512 g/mol. The Balaban J connectivity index is 1.46. The van der Waals surface area contributed by atoms with E-state index in [4.69, 9.17) is 16.3 Å². The third kappa shape index (κ3) is 7.85. The Morgan fingerprint density at radius 2 is 1.95 bits per heavy atom. The minimum Gasteiger partial charge on any atom is -0.493 e. The molecule has 2 amide bonds. The molecule has 208 valence electrons. The first-order valence-corrected chi connectivity index (χ1v) is 14.1. The lowest BCUT2D eigenvalue weighted by molar-refractivity contribution is -0.141. The van der Waals surface area contributed by atoms with Crippen LogP contribution in [-0.2, 0) is 22.7 Å². The number of likely N-dealkylation sites (tertiary alicyclic amines) is 1. The normalized spacial score (nSPS) is 17.3. The number of piperidine rings is 1. The molecule has 1 atom stereocenters. The fourth-order valence-corrected chi connectivity index (χ4v) is 5.49. The number of carbonyl (C=O) groups excluding carboxylic acids is 2. The number of nitrogens with zero attached hydrogens (tertiary/aromatic N) is 4. The molecule has 1 aliphatic rings. The highest BCUT2D eigenvalue weighted by molar-refractivity contribution is 6.30. The molecule has 0 bridgehead atoms. The molecule has 3 aromatic rings. The van der Waals surface area contributed by atoms with Crippen LogP contribution in [0.5, 0.6) is 5.75 Å². The number of ether oxygens (including phenoxy) is 1. The standard InChI is InChI=1S/C31H39ClN4O3/c1-24(2)30-33-15-18-35(30)17-13-28(37)36-16-8-14-31(22-36,23-39-27-12-7-11-26(32)19-27)20-29(38)34(3)21-25-9-5-4-6-10-25/h4-7,9-12,15,18-19,24H,8,13-14,16-17,20-23H2,1-3H3/t31-/m0/s1. The highest BCUT2D eigenvalue weighted by Crippen LogP contribution is 2.36. The van der Waals surface area contributed by atoms with Crippen LogP contribution in [0.2, 0.25) is 5.02 Å². The van der Waals surface area contributed by atoms with Crippen molar-refractivity contribution < 1.29 is 14.3 Å². The maximum atomic E-state index is 13.5. The van der Waals surface area contributed by atoms with Gasteiger partial charge in [0.25, 0.3) is 0 Å². The van der Waals surface area contributed by atoms with E-state index in [1.807, 2.05) is 60.6 Å². The quantitative estimate of drug-likeness (QED) is 0.303. The first-order chi connectivity index (χ1) is 18.7. The maximum absolute atomic E-state index is 13.5. The number of aryl methyl sites for hydroxylation is 1. The second-order valence-electron chi connectivity index (χ2n) is 11.0. The van der Waals surface area contributed by atoms with E-state index >= 15 is 0 Å². The molecule has 1 saturated heterocycles. The predicted molar refractivity (Wildman–Crippen MR) is 154 cm³/mol. The Morgan fingerprint density at radius 3 is 2.69 bits per heavy atom. The Labute approximate surface area is 236 Å². The Bertz CT molecular complexity index is 1250. The molecule has 39 heavy (non-hydrogen) atoms. The van der Waals surface area contributed by atoms with Crippen LogP contribution in [-0.4, -0.2) is 57.9 Å². The van der Waals surface area contributed by atoms with Gasteiger partial charge in [0.2, 0.25) is 11.8 Å². The third-order valence-electron chi connectivity index (χ3n) is 7.40. The van der Waals surface area contributed by atoms with Gasteiger partial charge in [-0.3, -0.25) is 9.59 Å². The number of amides is 2. The number of aromatic nitrogens is 2. The van der Waals surface area contributed by atoms with Gasteiger partial charge in [0, 0.05) is 74.8 Å². The molecule has 0 N–H and O–H groups in total. The summed E-state index contributed by atoms with van der Waals surface area (Å²) >= 11 is 6.18. The van der Waals surface area contributed by atoms with Gasteiger partial charge >= 0.3 is 0 Å². The molecule has 0 saturated carbocycles. The molecule has 1 aliphatic heterocycles. The molecule has 8 heteroatoms. The number of benzene rings is 2. The molecule has 0 spiro atoms. The number of halogens is 1. The Kier molecular flexibility index (Phi) is 9.68. The van der Waals surface area contributed by atoms with Crippen LogP contribution in [0, 0.1) is 5.41 Å². The van der Waals surface area contributed by atoms with Crippen LogP contribution in [0.15, 0.2) is 67.0 Å².